The lowest BCUT2D eigenvalue weighted by atomic mass is 10.1. The maximum absolute atomic E-state index is 12.9. The highest BCUT2D eigenvalue weighted by Crippen LogP contribution is 2.13. The van der Waals surface area contributed by atoms with Crippen LogP contribution in [-0.4, -0.2) is 18.0 Å². The summed E-state index contributed by atoms with van der Waals surface area (Å²) < 4.78 is 12.9. The second kappa shape index (κ2) is 8.00. The molecule has 0 fully saturated rings. The van der Waals surface area contributed by atoms with Gasteiger partial charge in [0.05, 0.1) is 6.04 Å². The molecule has 3 nitrogen and oxygen atoms in total. The molecule has 0 radical (unpaired) electrons. The van der Waals surface area contributed by atoms with Gasteiger partial charge in [0, 0.05) is 12.1 Å². The standard InChI is InChI=1S/C16H25FN2O/c1-5-15(6-2)19-16(20)12(4)18-11(3)13-7-9-14(17)10-8-13/h7-12,15,18H,5-6H2,1-4H3,(H,19,20)/t11-,12?/m0/s1. The number of rotatable bonds is 7. The van der Waals surface area contributed by atoms with Crippen LogP contribution < -0.4 is 10.6 Å². The summed E-state index contributed by atoms with van der Waals surface area (Å²) in [6.45, 7) is 7.94. The predicted octanol–water partition coefficient (Wildman–Crippen LogP) is 3.17. The maximum atomic E-state index is 12.9. The van der Waals surface area contributed by atoms with Gasteiger partial charge >= 0.3 is 0 Å². The van der Waals surface area contributed by atoms with Gasteiger partial charge < -0.3 is 5.32 Å². The van der Waals surface area contributed by atoms with Crippen LogP contribution >= 0.6 is 0 Å². The van der Waals surface area contributed by atoms with Gasteiger partial charge in [0.15, 0.2) is 0 Å². The molecule has 2 N–H and O–H groups in total. The summed E-state index contributed by atoms with van der Waals surface area (Å²) in [5.74, 6) is -0.242. The number of amides is 1. The number of benzene rings is 1. The smallest absolute Gasteiger partial charge is 0.237 e. The lowest BCUT2D eigenvalue weighted by molar-refractivity contribution is -0.123. The van der Waals surface area contributed by atoms with Crippen LogP contribution in [0.3, 0.4) is 0 Å². The van der Waals surface area contributed by atoms with Crippen molar-refractivity contribution in [2.45, 2.75) is 58.7 Å². The fourth-order valence-corrected chi connectivity index (χ4v) is 2.12. The Hall–Kier alpha value is -1.42. The lowest BCUT2D eigenvalue weighted by Crippen LogP contribution is -2.46. The van der Waals surface area contributed by atoms with Crippen LogP contribution in [0.5, 0.6) is 0 Å². The van der Waals surface area contributed by atoms with E-state index in [1.165, 1.54) is 12.1 Å². The molecular weight excluding hydrogens is 255 g/mol. The molecule has 0 bridgehead atoms. The van der Waals surface area contributed by atoms with Crippen LogP contribution in [0.4, 0.5) is 4.39 Å². The van der Waals surface area contributed by atoms with Gasteiger partial charge in [-0.15, -0.1) is 0 Å². The Kier molecular flexibility index (Phi) is 6.65. The van der Waals surface area contributed by atoms with Crippen molar-refractivity contribution in [1.29, 1.82) is 0 Å². The molecule has 0 aromatic heterocycles. The van der Waals surface area contributed by atoms with Gasteiger partial charge in [-0.05, 0) is 44.4 Å². The second-order valence-electron chi connectivity index (χ2n) is 5.18. The molecule has 4 heteroatoms. The minimum Gasteiger partial charge on any atom is -0.352 e. The summed E-state index contributed by atoms with van der Waals surface area (Å²) in [6.07, 6.45) is 1.87. The molecule has 0 heterocycles. The van der Waals surface area contributed by atoms with Gasteiger partial charge in [-0.1, -0.05) is 26.0 Å². The van der Waals surface area contributed by atoms with Crippen molar-refractivity contribution in [3.63, 3.8) is 0 Å². The zero-order chi connectivity index (χ0) is 15.1. The number of carbonyl (C=O) groups is 1. The summed E-state index contributed by atoms with van der Waals surface area (Å²) in [4.78, 5) is 12.1. The van der Waals surface area contributed by atoms with Crippen LogP contribution in [0.1, 0.15) is 52.1 Å². The largest absolute Gasteiger partial charge is 0.352 e. The van der Waals surface area contributed by atoms with Gasteiger partial charge in [0.2, 0.25) is 5.91 Å². The Bertz CT molecular complexity index is 415. The summed E-state index contributed by atoms with van der Waals surface area (Å²) in [5.41, 5.74) is 0.966. The first-order valence-corrected chi connectivity index (χ1v) is 7.29. The summed E-state index contributed by atoms with van der Waals surface area (Å²) in [7, 11) is 0. The van der Waals surface area contributed by atoms with E-state index < -0.39 is 0 Å². The van der Waals surface area contributed by atoms with E-state index in [2.05, 4.69) is 24.5 Å². The van der Waals surface area contributed by atoms with E-state index in [1.54, 1.807) is 12.1 Å². The van der Waals surface area contributed by atoms with Crippen LogP contribution in [0.15, 0.2) is 24.3 Å². The molecular formula is C16H25FN2O. The Morgan fingerprint density at radius 2 is 1.70 bits per heavy atom. The van der Waals surface area contributed by atoms with E-state index in [9.17, 15) is 9.18 Å². The van der Waals surface area contributed by atoms with E-state index in [0.717, 1.165) is 18.4 Å². The molecule has 1 rings (SSSR count). The quantitative estimate of drug-likeness (QED) is 0.805. The third kappa shape index (κ3) is 4.93. The highest BCUT2D eigenvalue weighted by Gasteiger charge is 2.18. The fraction of sp³-hybridized carbons (Fsp3) is 0.562. The van der Waals surface area contributed by atoms with Gasteiger partial charge in [0.25, 0.3) is 0 Å². The van der Waals surface area contributed by atoms with E-state index in [4.69, 9.17) is 0 Å². The van der Waals surface area contributed by atoms with E-state index in [0.29, 0.717) is 0 Å². The predicted molar refractivity (Wildman–Crippen MR) is 79.9 cm³/mol. The molecule has 1 aromatic carbocycles. The van der Waals surface area contributed by atoms with Crippen LogP contribution in [0.2, 0.25) is 0 Å². The van der Waals surface area contributed by atoms with Crippen molar-refractivity contribution >= 4 is 5.91 Å². The monoisotopic (exact) mass is 280 g/mol. The molecule has 0 aliphatic carbocycles. The number of nitrogens with one attached hydrogen (secondary N) is 2. The van der Waals surface area contributed by atoms with Gasteiger partial charge in [-0.25, -0.2) is 4.39 Å². The number of hydrogen-bond donors (Lipinski definition) is 2. The van der Waals surface area contributed by atoms with Crippen molar-refractivity contribution in [2.24, 2.45) is 0 Å². The van der Waals surface area contributed by atoms with Crippen LogP contribution in [0, 0.1) is 5.82 Å². The van der Waals surface area contributed by atoms with Gasteiger partial charge in [-0.2, -0.15) is 0 Å². The van der Waals surface area contributed by atoms with Crippen molar-refractivity contribution in [2.75, 3.05) is 0 Å². The Morgan fingerprint density at radius 3 is 2.20 bits per heavy atom. The molecule has 112 valence electrons. The normalized spacial score (nSPS) is 14.1. The third-order valence-corrected chi connectivity index (χ3v) is 3.60. The minimum absolute atomic E-state index is 0.00180. The topological polar surface area (TPSA) is 41.1 Å². The molecule has 0 saturated heterocycles. The number of halogens is 1. The Labute approximate surface area is 121 Å². The molecule has 1 unspecified atom stereocenters. The van der Waals surface area contributed by atoms with E-state index in [-0.39, 0.29) is 29.8 Å². The third-order valence-electron chi connectivity index (χ3n) is 3.60. The van der Waals surface area contributed by atoms with Gasteiger partial charge in [0.1, 0.15) is 5.82 Å². The second-order valence-corrected chi connectivity index (χ2v) is 5.18. The zero-order valence-corrected chi connectivity index (χ0v) is 12.7. The first kappa shape index (κ1) is 16.6. The molecule has 1 aromatic rings. The molecule has 0 saturated carbocycles. The maximum Gasteiger partial charge on any atom is 0.237 e. The molecule has 2 atom stereocenters. The van der Waals surface area contributed by atoms with E-state index in [1.807, 2.05) is 13.8 Å². The highest BCUT2D eigenvalue weighted by atomic mass is 19.1. The van der Waals surface area contributed by atoms with Crippen molar-refractivity contribution in [3.05, 3.63) is 35.6 Å². The SMILES string of the molecule is CCC(CC)NC(=O)C(C)N[C@@H](C)c1ccc(F)cc1. The highest BCUT2D eigenvalue weighted by molar-refractivity contribution is 5.81. The Morgan fingerprint density at radius 1 is 1.15 bits per heavy atom. The molecule has 0 aliphatic heterocycles. The van der Waals surface area contributed by atoms with Gasteiger partial charge in [-0.3, -0.25) is 10.1 Å². The Balaban J connectivity index is 2.54. The molecule has 1 amide bonds. The molecule has 0 aliphatic rings. The van der Waals surface area contributed by atoms with Crippen LogP contribution in [0.25, 0.3) is 0 Å². The summed E-state index contributed by atoms with van der Waals surface area (Å²) >= 11 is 0. The van der Waals surface area contributed by atoms with Crippen LogP contribution in [-0.2, 0) is 4.79 Å². The zero-order valence-electron chi connectivity index (χ0n) is 12.7. The summed E-state index contributed by atoms with van der Waals surface area (Å²) in [6, 6.07) is 6.28. The van der Waals surface area contributed by atoms with Crippen molar-refractivity contribution < 1.29 is 9.18 Å². The minimum atomic E-state index is -0.282. The average Bonchev–Trinajstić information content (AvgIpc) is 2.44. The summed E-state index contributed by atoms with van der Waals surface area (Å²) in [5, 5.41) is 6.26. The van der Waals surface area contributed by atoms with E-state index >= 15 is 0 Å². The lowest BCUT2D eigenvalue weighted by Gasteiger charge is -2.22. The van der Waals surface area contributed by atoms with Crippen molar-refractivity contribution in [1.82, 2.24) is 10.6 Å². The number of carbonyl (C=O) groups excluding carboxylic acids is 1. The molecule has 0 spiro atoms. The first-order chi connectivity index (χ1) is 9.47. The first-order valence-electron chi connectivity index (χ1n) is 7.29. The molecule has 20 heavy (non-hydrogen) atoms. The fourth-order valence-electron chi connectivity index (χ4n) is 2.12. The number of hydrogen-bond acceptors (Lipinski definition) is 2. The van der Waals surface area contributed by atoms with Crippen molar-refractivity contribution in [3.8, 4) is 0 Å². The average molecular weight is 280 g/mol.